The molecule has 0 amide bonds. The van der Waals surface area contributed by atoms with Gasteiger partial charge < -0.3 is 0 Å². The minimum Gasteiger partial charge on any atom is -0.226 e. The third-order valence-corrected chi connectivity index (χ3v) is 3.97. The van der Waals surface area contributed by atoms with Crippen molar-refractivity contribution in [3.8, 4) is 17.3 Å². The van der Waals surface area contributed by atoms with E-state index < -0.39 is 0 Å². The molecule has 1 aromatic carbocycles. The van der Waals surface area contributed by atoms with Gasteiger partial charge in [0.1, 0.15) is 6.07 Å². The van der Waals surface area contributed by atoms with E-state index in [0.717, 1.165) is 5.69 Å². The Labute approximate surface area is 106 Å². The molecule has 2 nitrogen and oxygen atoms in total. The van der Waals surface area contributed by atoms with Crippen molar-refractivity contribution in [3.05, 3.63) is 38.7 Å². The third-order valence-electron chi connectivity index (χ3n) is 3.22. The van der Waals surface area contributed by atoms with Crippen LogP contribution >= 0.6 is 11.3 Å². The van der Waals surface area contributed by atoms with E-state index in [2.05, 4.69) is 44.8 Å². The predicted molar refractivity (Wildman–Crippen MR) is 71.2 cm³/mol. The average Bonchev–Trinajstić information content (AvgIpc) is 2.75. The van der Waals surface area contributed by atoms with Crippen LogP contribution in [0.4, 0.5) is 0 Å². The number of thiazole rings is 1. The van der Waals surface area contributed by atoms with E-state index in [4.69, 9.17) is 5.26 Å². The van der Waals surface area contributed by atoms with E-state index in [1.165, 1.54) is 39.2 Å². The molecule has 2 aromatic rings. The number of hydrogen-bond acceptors (Lipinski definition) is 3. The van der Waals surface area contributed by atoms with Gasteiger partial charge in [-0.05, 0) is 49.9 Å². The standard InChI is InChI=1S/C14H14N2S/c1-8-5-9(2)11(4)14(10(8)3)12-7-17-13(6-15)16-12/h5,7H,1-4H3. The number of nitriles is 1. The second kappa shape index (κ2) is 4.31. The molecule has 17 heavy (non-hydrogen) atoms. The second-order valence-electron chi connectivity index (χ2n) is 4.29. The normalized spacial score (nSPS) is 10.3. The summed E-state index contributed by atoms with van der Waals surface area (Å²) < 4.78 is 0. The minimum atomic E-state index is 0.526. The van der Waals surface area contributed by atoms with Crippen LogP contribution in [0, 0.1) is 39.0 Å². The molecule has 0 fully saturated rings. The summed E-state index contributed by atoms with van der Waals surface area (Å²) in [5.74, 6) is 0. The second-order valence-corrected chi connectivity index (χ2v) is 5.14. The van der Waals surface area contributed by atoms with E-state index in [9.17, 15) is 0 Å². The Morgan fingerprint density at radius 3 is 2.18 bits per heavy atom. The number of rotatable bonds is 1. The summed E-state index contributed by atoms with van der Waals surface area (Å²) in [7, 11) is 0. The van der Waals surface area contributed by atoms with Gasteiger partial charge in [0, 0.05) is 10.9 Å². The SMILES string of the molecule is Cc1cc(C)c(C)c(-c2csc(C#N)n2)c1C. The molecule has 86 valence electrons. The molecule has 2 rings (SSSR count). The van der Waals surface area contributed by atoms with Gasteiger partial charge in [0.25, 0.3) is 0 Å². The van der Waals surface area contributed by atoms with Gasteiger partial charge in [-0.25, -0.2) is 4.98 Å². The topological polar surface area (TPSA) is 36.7 Å². The van der Waals surface area contributed by atoms with Crippen LogP contribution < -0.4 is 0 Å². The van der Waals surface area contributed by atoms with Crippen LogP contribution in [-0.2, 0) is 0 Å². The smallest absolute Gasteiger partial charge is 0.194 e. The van der Waals surface area contributed by atoms with Gasteiger partial charge in [0.05, 0.1) is 5.69 Å². The average molecular weight is 242 g/mol. The Morgan fingerprint density at radius 2 is 1.71 bits per heavy atom. The van der Waals surface area contributed by atoms with Crippen molar-refractivity contribution in [1.29, 1.82) is 5.26 Å². The lowest BCUT2D eigenvalue weighted by molar-refractivity contribution is 1.22. The Hall–Kier alpha value is -1.66. The van der Waals surface area contributed by atoms with Crippen molar-refractivity contribution >= 4 is 11.3 Å². The number of nitrogens with zero attached hydrogens (tertiary/aromatic N) is 2. The van der Waals surface area contributed by atoms with Gasteiger partial charge in [-0.15, -0.1) is 11.3 Å². The first-order valence-corrected chi connectivity index (χ1v) is 6.36. The third kappa shape index (κ3) is 1.96. The van der Waals surface area contributed by atoms with Crippen molar-refractivity contribution in [3.63, 3.8) is 0 Å². The van der Waals surface area contributed by atoms with Gasteiger partial charge in [0.15, 0.2) is 5.01 Å². The highest BCUT2D eigenvalue weighted by Gasteiger charge is 2.13. The molecule has 0 aliphatic heterocycles. The lowest BCUT2D eigenvalue weighted by Gasteiger charge is -2.13. The lowest BCUT2D eigenvalue weighted by Crippen LogP contribution is -1.95. The Morgan fingerprint density at radius 1 is 1.12 bits per heavy atom. The lowest BCUT2D eigenvalue weighted by atomic mass is 9.93. The van der Waals surface area contributed by atoms with Gasteiger partial charge in [-0.1, -0.05) is 6.07 Å². The molecule has 1 aromatic heterocycles. The zero-order valence-electron chi connectivity index (χ0n) is 10.5. The molecule has 0 saturated carbocycles. The van der Waals surface area contributed by atoms with Crippen LogP contribution in [0.15, 0.2) is 11.4 Å². The van der Waals surface area contributed by atoms with Crippen LogP contribution in [0.25, 0.3) is 11.3 Å². The highest BCUT2D eigenvalue weighted by atomic mass is 32.1. The molecule has 0 atom stereocenters. The molecule has 0 N–H and O–H groups in total. The largest absolute Gasteiger partial charge is 0.226 e. The molecule has 0 saturated heterocycles. The fourth-order valence-corrected chi connectivity index (χ4v) is 2.64. The number of aromatic nitrogens is 1. The Kier molecular flexibility index (Phi) is 2.99. The molecule has 0 radical (unpaired) electrons. The quantitative estimate of drug-likeness (QED) is 0.760. The van der Waals surface area contributed by atoms with Crippen LogP contribution in [0.2, 0.25) is 0 Å². The summed E-state index contributed by atoms with van der Waals surface area (Å²) in [6.45, 7) is 8.46. The maximum absolute atomic E-state index is 8.84. The van der Waals surface area contributed by atoms with Crippen molar-refractivity contribution in [2.75, 3.05) is 0 Å². The summed E-state index contributed by atoms with van der Waals surface area (Å²) in [5.41, 5.74) is 7.16. The monoisotopic (exact) mass is 242 g/mol. The summed E-state index contributed by atoms with van der Waals surface area (Å²) in [6.07, 6.45) is 0. The molecule has 0 bridgehead atoms. The molecule has 0 aliphatic rings. The first-order valence-electron chi connectivity index (χ1n) is 5.48. The van der Waals surface area contributed by atoms with Crippen molar-refractivity contribution < 1.29 is 0 Å². The number of benzene rings is 1. The molecular weight excluding hydrogens is 228 g/mol. The fraction of sp³-hybridized carbons (Fsp3) is 0.286. The van der Waals surface area contributed by atoms with Crippen LogP contribution in [0.5, 0.6) is 0 Å². The van der Waals surface area contributed by atoms with Gasteiger partial charge >= 0.3 is 0 Å². The zero-order chi connectivity index (χ0) is 12.6. The number of hydrogen-bond donors (Lipinski definition) is 0. The van der Waals surface area contributed by atoms with Crippen LogP contribution in [0.3, 0.4) is 0 Å². The van der Waals surface area contributed by atoms with Crippen molar-refractivity contribution in [2.45, 2.75) is 27.7 Å². The van der Waals surface area contributed by atoms with E-state index in [1.54, 1.807) is 0 Å². The maximum atomic E-state index is 8.84. The predicted octanol–water partition coefficient (Wildman–Crippen LogP) is 3.92. The zero-order valence-corrected chi connectivity index (χ0v) is 11.3. The van der Waals surface area contributed by atoms with Gasteiger partial charge in [0.2, 0.25) is 0 Å². The van der Waals surface area contributed by atoms with Gasteiger partial charge in [-0.3, -0.25) is 0 Å². The Bertz CT molecular complexity index is 592. The molecule has 1 heterocycles. The summed E-state index contributed by atoms with van der Waals surface area (Å²) in [4.78, 5) is 4.36. The highest BCUT2D eigenvalue weighted by Crippen LogP contribution is 2.31. The van der Waals surface area contributed by atoms with Crippen LogP contribution in [-0.4, -0.2) is 4.98 Å². The van der Waals surface area contributed by atoms with Crippen molar-refractivity contribution in [1.82, 2.24) is 4.98 Å². The first kappa shape index (κ1) is 11.8. The van der Waals surface area contributed by atoms with E-state index in [-0.39, 0.29) is 0 Å². The van der Waals surface area contributed by atoms with Crippen molar-refractivity contribution in [2.24, 2.45) is 0 Å². The fourth-order valence-electron chi connectivity index (χ4n) is 2.04. The summed E-state index contributed by atoms with van der Waals surface area (Å²) >= 11 is 1.40. The van der Waals surface area contributed by atoms with Crippen LogP contribution in [0.1, 0.15) is 27.3 Å². The molecular formula is C14H14N2S. The molecule has 0 aliphatic carbocycles. The molecule has 3 heteroatoms. The number of aryl methyl sites for hydroxylation is 2. The molecule has 0 unspecified atom stereocenters. The van der Waals surface area contributed by atoms with Gasteiger partial charge in [-0.2, -0.15) is 5.26 Å². The summed E-state index contributed by atoms with van der Waals surface area (Å²) in [6, 6.07) is 4.29. The van der Waals surface area contributed by atoms with E-state index in [1.807, 2.05) is 5.38 Å². The maximum Gasteiger partial charge on any atom is 0.194 e. The highest BCUT2D eigenvalue weighted by molar-refractivity contribution is 7.10. The molecule has 0 spiro atoms. The first-order chi connectivity index (χ1) is 8.04. The van der Waals surface area contributed by atoms with E-state index in [0.29, 0.717) is 5.01 Å². The Balaban J connectivity index is 2.71. The van der Waals surface area contributed by atoms with E-state index >= 15 is 0 Å². The minimum absolute atomic E-state index is 0.526. The summed E-state index contributed by atoms with van der Waals surface area (Å²) in [5, 5.41) is 11.3.